The largest absolute Gasteiger partial charge is 0.494 e. The summed E-state index contributed by atoms with van der Waals surface area (Å²) < 4.78 is 4.93. The number of hydrogen-bond acceptors (Lipinski definition) is 15. The van der Waals surface area contributed by atoms with E-state index in [2.05, 4.69) is 47.5 Å². The highest BCUT2D eigenvalue weighted by molar-refractivity contribution is 8.77. The molecule has 7 atom stereocenters. The number of amides is 10. The van der Waals surface area contributed by atoms with Gasteiger partial charge >= 0.3 is 0 Å². The van der Waals surface area contributed by atoms with Crippen LogP contribution in [0.15, 0.2) is 59.6 Å². The fourth-order valence-corrected chi connectivity index (χ4v) is 13.3. The number of aliphatic imine (C=N–C) groups is 1. The lowest BCUT2D eigenvalue weighted by atomic mass is 9.85. The van der Waals surface area contributed by atoms with Gasteiger partial charge in [0.1, 0.15) is 48.0 Å². The molecule has 450 valence electrons. The third-order valence-corrected chi connectivity index (χ3v) is 17.5. The minimum Gasteiger partial charge on any atom is -0.494 e. The highest BCUT2D eigenvalue weighted by Gasteiger charge is 2.42. The molecule has 2 heterocycles. The normalized spacial score (nSPS) is 22.5. The Morgan fingerprint density at radius 2 is 1.44 bits per heavy atom. The number of rotatable bonds is 21. The third-order valence-electron chi connectivity index (χ3n) is 14.2. The number of likely N-dealkylation sites (tertiary alicyclic amines) is 1. The predicted molar refractivity (Wildman–Crippen MR) is 312 cm³/mol. The molecule has 2 aliphatic heterocycles. The molecule has 3 aliphatic rings. The van der Waals surface area contributed by atoms with Crippen molar-refractivity contribution in [3.63, 3.8) is 0 Å². The van der Waals surface area contributed by atoms with E-state index in [-0.39, 0.29) is 76.4 Å². The van der Waals surface area contributed by atoms with E-state index in [4.69, 9.17) is 27.7 Å². The molecule has 1 aliphatic carbocycles. The van der Waals surface area contributed by atoms with Crippen LogP contribution in [-0.4, -0.2) is 162 Å². The van der Waals surface area contributed by atoms with Crippen LogP contribution in [0.5, 0.6) is 5.75 Å². The van der Waals surface area contributed by atoms with Crippen molar-refractivity contribution in [3.05, 3.63) is 65.7 Å². The van der Waals surface area contributed by atoms with Gasteiger partial charge in [-0.25, -0.2) is 0 Å². The summed E-state index contributed by atoms with van der Waals surface area (Å²) in [6.45, 7) is 5.74. The molecular weight excluding hydrogens is 1100 g/mol. The predicted octanol–water partition coefficient (Wildman–Crippen LogP) is -0.966. The second kappa shape index (κ2) is 33.1. The van der Waals surface area contributed by atoms with E-state index in [1.165, 1.54) is 26.5 Å². The Bertz CT molecular complexity index is 2550. The first-order chi connectivity index (χ1) is 39.2. The van der Waals surface area contributed by atoms with Crippen LogP contribution in [0.2, 0.25) is 0 Å². The number of carbonyl (C=O) groups is 10. The van der Waals surface area contributed by atoms with Crippen molar-refractivity contribution in [2.24, 2.45) is 33.8 Å². The molecule has 16 N–H and O–H groups in total. The van der Waals surface area contributed by atoms with Crippen molar-refractivity contribution in [1.29, 1.82) is 0 Å². The molecule has 0 unspecified atom stereocenters. The van der Waals surface area contributed by atoms with Gasteiger partial charge in [-0.15, -0.1) is 0 Å². The van der Waals surface area contributed by atoms with Crippen LogP contribution in [-0.2, 0) is 60.8 Å². The number of guanidine groups is 1. The number of ether oxygens (including phenoxy) is 1. The van der Waals surface area contributed by atoms with E-state index in [1.54, 1.807) is 68.4 Å². The number of nitrogens with zero attached hydrogens (tertiary/aromatic N) is 2. The number of benzene rings is 2. The second-order valence-electron chi connectivity index (χ2n) is 21.0. The third kappa shape index (κ3) is 21.0. The number of nitrogens with two attached hydrogens (primary N) is 4. The number of nitrogens with one attached hydrogen (secondary N) is 8. The van der Waals surface area contributed by atoms with Crippen LogP contribution in [0.1, 0.15) is 103 Å². The van der Waals surface area contributed by atoms with Crippen LogP contribution >= 0.6 is 21.6 Å². The van der Waals surface area contributed by atoms with E-state index in [0.717, 1.165) is 19.3 Å². The monoisotopic (exact) mass is 1180 g/mol. The molecule has 2 aromatic rings. The van der Waals surface area contributed by atoms with E-state index in [9.17, 15) is 43.2 Å². The SMILES string of the molecule is CCOc1ccc(C[C@H]2NC(=O)CC3(CCCCC3)SSC[C@@H](C(=O)N3CCC[C@H]3C(=O)N[C@@H](CCCN=C(N)N)C(=O)NCC(=O)NCCN)NC(=O)[C@H](CC(N)=O)NC(=O)[C@H](C(C)C)NC(=O)[C@H](Cc3ccccc3)NC2=O)cc1. The van der Waals surface area contributed by atoms with Crippen molar-refractivity contribution in [2.45, 2.75) is 151 Å². The van der Waals surface area contributed by atoms with E-state index < -0.39 is 125 Å². The molecule has 0 bridgehead atoms. The van der Waals surface area contributed by atoms with Crippen LogP contribution in [0.3, 0.4) is 0 Å². The van der Waals surface area contributed by atoms with Crippen LogP contribution in [0.25, 0.3) is 0 Å². The quantitative estimate of drug-likeness (QED) is 0.0310. The van der Waals surface area contributed by atoms with E-state index >= 15 is 4.79 Å². The Morgan fingerprint density at radius 1 is 0.793 bits per heavy atom. The van der Waals surface area contributed by atoms with Crippen molar-refractivity contribution in [1.82, 2.24) is 47.4 Å². The molecule has 2 aromatic carbocycles. The van der Waals surface area contributed by atoms with Crippen molar-refractivity contribution < 1.29 is 52.7 Å². The molecule has 1 spiro atoms. The molecule has 2 saturated heterocycles. The Kier molecular flexibility index (Phi) is 26.5. The maximum atomic E-state index is 15.0. The van der Waals surface area contributed by atoms with Crippen molar-refractivity contribution in [3.8, 4) is 5.75 Å². The van der Waals surface area contributed by atoms with Gasteiger partial charge in [-0.1, -0.05) is 97.2 Å². The maximum absolute atomic E-state index is 15.0. The number of carbonyl (C=O) groups excluding carboxylic acids is 10. The average molecular weight is 1180 g/mol. The van der Waals surface area contributed by atoms with Gasteiger partial charge in [-0.2, -0.15) is 0 Å². The standard InChI is InChI=1S/C55H82N14O11S2/c1-4-80-36-19-17-35(18-20-36)28-38-48(74)65-39(27-34-13-7-5-8-14-34)50(76)68-46(33(2)3)52(78)66-40(29-43(57)70)49(75)67-41(32-81-82-55(30-44(71)63-38)21-9-6-10-22-55)53(79)69-26-12-16-42(69)51(77)64-37(15-11-24-61-54(58)59)47(73)62-31-45(72)60-25-23-56/h5,7-8,13-14,17-20,33,37-42,46H,4,6,9-12,15-16,21-32,56H2,1-3H3,(H2,57,70)(H,60,72)(H,62,73)(H,63,71)(H,64,77)(H,65,74)(H,66,78)(H,67,75)(H,68,76)(H4,58,59,61)/t37-,38+,39-,40-,41-,42-,46-/m0/s1. The first-order valence-electron chi connectivity index (χ1n) is 28.0. The Morgan fingerprint density at radius 3 is 2.09 bits per heavy atom. The molecule has 5 rings (SSSR count). The summed E-state index contributed by atoms with van der Waals surface area (Å²) in [6.07, 6.45) is 3.75. The van der Waals surface area contributed by atoms with Gasteiger partial charge in [0, 0.05) is 55.9 Å². The summed E-state index contributed by atoms with van der Waals surface area (Å²) in [5, 5.41) is 21.8. The lowest BCUT2D eigenvalue weighted by Gasteiger charge is -2.37. The summed E-state index contributed by atoms with van der Waals surface area (Å²) in [7, 11) is 2.60. The Hall–Kier alpha value is -7.13. The smallest absolute Gasteiger partial charge is 0.246 e. The summed E-state index contributed by atoms with van der Waals surface area (Å²) in [5.74, 6) is -7.53. The molecule has 27 heteroatoms. The van der Waals surface area contributed by atoms with Crippen LogP contribution in [0, 0.1) is 5.92 Å². The average Bonchev–Trinajstić information content (AvgIpc) is 3.96. The lowest BCUT2D eigenvalue weighted by molar-refractivity contribution is -0.142. The summed E-state index contributed by atoms with van der Waals surface area (Å²) in [4.78, 5) is 146. The molecule has 1 saturated carbocycles. The van der Waals surface area contributed by atoms with Crippen LogP contribution in [0.4, 0.5) is 0 Å². The number of primary amides is 1. The first-order valence-corrected chi connectivity index (χ1v) is 30.3. The Balaban J connectivity index is 1.51. The maximum Gasteiger partial charge on any atom is 0.246 e. The van der Waals surface area contributed by atoms with E-state index in [0.29, 0.717) is 42.7 Å². The van der Waals surface area contributed by atoms with Crippen molar-refractivity contribution >= 4 is 86.6 Å². The zero-order valence-electron chi connectivity index (χ0n) is 47.0. The fourth-order valence-electron chi connectivity index (χ4n) is 9.93. The molecule has 0 aromatic heterocycles. The van der Waals surface area contributed by atoms with Gasteiger partial charge < -0.3 is 75.1 Å². The van der Waals surface area contributed by atoms with Gasteiger partial charge in [0.2, 0.25) is 59.1 Å². The zero-order valence-corrected chi connectivity index (χ0v) is 48.6. The van der Waals surface area contributed by atoms with Gasteiger partial charge in [-0.3, -0.25) is 52.9 Å². The minimum atomic E-state index is -1.66. The summed E-state index contributed by atoms with van der Waals surface area (Å²) in [6, 6.07) is 6.83. The highest BCUT2D eigenvalue weighted by Crippen LogP contribution is 2.48. The minimum absolute atomic E-state index is 0.0140. The molecular formula is C55H82N14O11S2. The zero-order chi connectivity index (χ0) is 59.8. The van der Waals surface area contributed by atoms with Gasteiger partial charge in [0.15, 0.2) is 5.96 Å². The molecule has 82 heavy (non-hydrogen) atoms. The van der Waals surface area contributed by atoms with Gasteiger partial charge in [-0.05, 0) is 74.6 Å². The second-order valence-corrected chi connectivity index (χ2v) is 23.8. The highest BCUT2D eigenvalue weighted by atomic mass is 33.1. The van der Waals surface area contributed by atoms with E-state index in [1.807, 2.05) is 6.92 Å². The molecule has 3 fully saturated rings. The van der Waals surface area contributed by atoms with Gasteiger partial charge in [0.05, 0.1) is 19.6 Å². The summed E-state index contributed by atoms with van der Waals surface area (Å²) >= 11 is 0. The molecule has 25 nitrogen and oxygen atoms in total. The fraction of sp³-hybridized carbons (Fsp3) is 0.582. The van der Waals surface area contributed by atoms with Crippen LogP contribution < -0.4 is 70.2 Å². The summed E-state index contributed by atoms with van der Waals surface area (Å²) in [5.41, 5.74) is 23.5. The first kappa shape index (κ1) is 65.7. The number of hydrogen-bond donors (Lipinski definition) is 12. The molecule has 0 radical (unpaired) electrons. The topological polar surface area (TPSA) is 396 Å². The Labute approximate surface area is 486 Å². The van der Waals surface area contributed by atoms with Gasteiger partial charge in [0.25, 0.3) is 0 Å². The van der Waals surface area contributed by atoms with Crippen molar-refractivity contribution in [2.75, 3.05) is 45.1 Å². The molecule has 10 amide bonds. The lowest BCUT2D eigenvalue weighted by Crippen LogP contribution is -2.61.